The second kappa shape index (κ2) is 4.79. The SMILES string of the molecule is CC(C)(C)C(Br)CCC1CCCO1. The summed E-state index contributed by atoms with van der Waals surface area (Å²) in [7, 11) is 0. The largest absolute Gasteiger partial charge is 0.378 e. The second-order valence-corrected chi connectivity index (χ2v) is 6.15. The average Bonchev–Trinajstić information content (AvgIpc) is 2.50. The second-order valence-electron chi connectivity index (χ2n) is 5.05. The molecule has 1 aliphatic rings. The van der Waals surface area contributed by atoms with Gasteiger partial charge >= 0.3 is 0 Å². The van der Waals surface area contributed by atoms with E-state index in [1.165, 1.54) is 25.7 Å². The highest BCUT2D eigenvalue weighted by Gasteiger charge is 2.24. The topological polar surface area (TPSA) is 9.23 Å². The van der Waals surface area contributed by atoms with Crippen molar-refractivity contribution in [3.63, 3.8) is 0 Å². The van der Waals surface area contributed by atoms with Gasteiger partial charge in [-0.2, -0.15) is 0 Å². The molecule has 0 radical (unpaired) electrons. The van der Waals surface area contributed by atoms with Gasteiger partial charge in [-0.05, 0) is 31.1 Å². The number of halogens is 1. The molecule has 0 aromatic heterocycles. The van der Waals surface area contributed by atoms with Crippen LogP contribution in [0, 0.1) is 5.41 Å². The Hall–Kier alpha value is 0.440. The van der Waals surface area contributed by atoms with Gasteiger partial charge in [0.2, 0.25) is 0 Å². The van der Waals surface area contributed by atoms with E-state index in [4.69, 9.17) is 4.74 Å². The van der Waals surface area contributed by atoms with Gasteiger partial charge in [0.15, 0.2) is 0 Å². The molecule has 2 unspecified atom stereocenters. The van der Waals surface area contributed by atoms with Gasteiger partial charge < -0.3 is 4.74 Å². The molecule has 2 heteroatoms. The summed E-state index contributed by atoms with van der Waals surface area (Å²) in [4.78, 5) is 0.615. The van der Waals surface area contributed by atoms with Gasteiger partial charge in [-0.15, -0.1) is 0 Å². The Bertz CT molecular complexity index is 145. The number of rotatable bonds is 3. The van der Waals surface area contributed by atoms with Crippen molar-refractivity contribution in [3.05, 3.63) is 0 Å². The van der Waals surface area contributed by atoms with Gasteiger partial charge in [-0.1, -0.05) is 36.7 Å². The molecule has 0 saturated carbocycles. The smallest absolute Gasteiger partial charge is 0.0576 e. The van der Waals surface area contributed by atoms with Crippen LogP contribution < -0.4 is 0 Å². The van der Waals surface area contributed by atoms with E-state index in [-0.39, 0.29) is 0 Å². The highest BCUT2D eigenvalue weighted by atomic mass is 79.9. The van der Waals surface area contributed by atoms with E-state index in [0.717, 1.165) is 6.61 Å². The van der Waals surface area contributed by atoms with Crippen molar-refractivity contribution in [1.29, 1.82) is 0 Å². The maximum Gasteiger partial charge on any atom is 0.0576 e. The minimum atomic E-state index is 0.374. The van der Waals surface area contributed by atoms with E-state index >= 15 is 0 Å². The summed E-state index contributed by atoms with van der Waals surface area (Å²) >= 11 is 3.75. The lowest BCUT2D eigenvalue weighted by molar-refractivity contribution is 0.100. The molecule has 0 spiro atoms. The van der Waals surface area contributed by atoms with E-state index in [1.807, 2.05) is 0 Å². The van der Waals surface area contributed by atoms with Crippen molar-refractivity contribution in [1.82, 2.24) is 0 Å². The third kappa shape index (κ3) is 3.99. The third-order valence-electron chi connectivity index (χ3n) is 2.71. The van der Waals surface area contributed by atoms with Crippen LogP contribution in [0.5, 0.6) is 0 Å². The van der Waals surface area contributed by atoms with Gasteiger partial charge in [0.05, 0.1) is 6.10 Å². The van der Waals surface area contributed by atoms with E-state index in [9.17, 15) is 0 Å². The van der Waals surface area contributed by atoms with E-state index in [0.29, 0.717) is 16.3 Å². The quantitative estimate of drug-likeness (QED) is 0.692. The van der Waals surface area contributed by atoms with Crippen LogP contribution >= 0.6 is 15.9 Å². The molecule has 0 N–H and O–H groups in total. The molecule has 1 saturated heterocycles. The fourth-order valence-corrected chi connectivity index (χ4v) is 1.90. The summed E-state index contributed by atoms with van der Waals surface area (Å²) in [6.07, 6.45) is 5.51. The molecule has 0 bridgehead atoms. The zero-order valence-electron chi connectivity index (χ0n) is 8.98. The number of hydrogen-bond donors (Lipinski definition) is 0. The first-order valence-corrected chi connectivity index (χ1v) is 6.17. The summed E-state index contributed by atoms with van der Waals surface area (Å²) < 4.78 is 5.60. The highest BCUT2D eigenvalue weighted by Crippen LogP contribution is 2.31. The van der Waals surface area contributed by atoms with Crippen LogP contribution in [-0.4, -0.2) is 17.5 Å². The Balaban J connectivity index is 2.17. The molecule has 2 atom stereocenters. The van der Waals surface area contributed by atoms with Crippen LogP contribution in [0.4, 0.5) is 0 Å². The standard InChI is InChI=1S/C11H21BrO/c1-11(2,3)10(12)7-6-9-5-4-8-13-9/h9-10H,4-8H2,1-3H3. The van der Waals surface area contributed by atoms with Gasteiger partial charge in [-0.3, -0.25) is 0 Å². The molecule has 1 rings (SSSR count). The van der Waals surface area contributed by atoms with Crippen molar-refractivity contribution in [3.8, 4) is 0 Å². The molecule has 0 amide bonds. The molecule has 0 aromatic rings. The van der Waals surface area contributed by atoms with Crippen LogP contribution in [0.1, 0.15) is 46.5 Å². The maximum absolute atomic E-state index is 5.60. The Morgan fingerprint density at radius 3 is 2.62 bits per heavy atom. The van der Waals surface area contributed by atoms with Crippen molar-refractivity contribution >= 4 is 15.9 Å². The van der Waals surface area contributed by atoms with Crippen LogP contribution in [0.15, 0.2) is 0 Å². The van der Waals surface area contributed by atoms with Gasteiger partial charge in [0.1, 0.15) is 0 Å². The lowest BCUT2D eigenvalue weighted by atomic mass is 9.89. The molecule has 1 heterocycles. The van der Waals surface area contributed by atoms with Crippen LogP contribution in [-0.2, 0) is 4.74 Å². The molecule has 1 nitrogen and oxygen atoms in total. The summed E-state index contributed by atoms with van der Waals surface area (Å²) in [5.74, 6) is 0. The average molecular weight is 249 g/mol. The van der Waals surface area contributed by atoms with Crippen LogP contribution in [0.25, 0.3) is 0 Å². The maximum atomic E-state index is 5.60. The molecule has 1 fully saturated rings. The number of hydrogen-bond acceptors (Lipinski definition) is 1. The zero-order valence-corrected chi connectivity index (χ0v) is 10.6. The normalized spacial score (nSPS) is 26.3. The Kier molecular flexibility index (Phi) is 4.24. The van der Waals surface area contributed by atoms with Crippen LogP contribution in [0.2, 0.25) is 0 Å². The Morgan fingerprint density at radius 1 is 1.46 bits per heavy atom. The summed E-state index contributed by atoms with van der Waals surface area (Å²) in [6.45, 7) is 7.82. The molecule has 0 aromatic carbocycles. The summed E-state index contributed by atoms with van der Waals surface area (Å²) in [6, 6.07) is 0. The monoisotopic (exact) mass is 248 g/mol. The fraction of sp³-hybridized carbons (Fsp3) is 1.00. The van der Waals surface area contributed by atoms with Gasteiger partial charge in [0, 0.05) is 11.4 Å². The van der Waals surface area contributed by atoms with Crippen molar-refractivity contribution in [2.75, 3.05) is 6.61 Å². The predicted octanol–water partition coefficient (Wildman–Crippen LogP) is 3.76. The molecular weight excluding hydrogens is 228 g/mol. The lowest BCUT2D eigenvalue weighted by Crippen LogP contribution is -2.21. The van der Waals surface area contributed by atoms with Crippen molar-refractivity contribution < 1.29 is 4.74 Å². The number of ether oxygens (including phenoxy) is 1. The zero-order chi connectivity index (χ0) is 9.90. The predicted molar refractivity (Wildman–Crippen MR) is 60.4 cm³/mol. The highest BCUT2D eigenvalue weighted by molar-refractivity contribution is 9.09. The minimum absolute atomic E-state index is 0.374. The van der Waals surface area contributed by atoms with E-state index in [1.54, 1.807) is 0 Å². The first-order chi connectivity index (χ1) is 6.00. The molecule has 13 heavy (non-hydrogen) atoms. The Morgan fingerprint density at radius 2 is 2.15 bits per heavy atom. The summed E-state index contributed by atoms with van der Waals surface area (Å²) in [5, 5.41) is 0. The molecule has 1 aliphatic heterocycles. The summed E-state index contributed by atoms with van der Waals surface area (Å²) in [5.41, 5.74) is 0.374. The molecular formula is C11H21BrO. The van der Waals surface area contributed by atoms with Gasteiger partial charge in [-0.25, -0.2) is 0 Å². The lowest BCUT2D eigenvalue weighted by Gasteiger charge is -2.26. The van der Waals surface area contributed by atoms with Gasteiger partial charge in [0.25, 0.3) is 0 Å². The van der Waals surface area contributed by atoms with E-state index < -0.39 is 0 Å². The first-order valence-electron chi connectivity index (χ1n) is 5.26. The fourth-order valence-electron chi connectivity index (χ4n) is 1.64. The Labute approximate surface area is 90.4 Å². The van der Waals surface area contributed by atoms with E-state index in [2.05, 4.69) is 36.7 Å². The van der Waals surface area contributed by atoms with Crippen LogP contribution in [0.3, 0.4) is 0 Å². The minimum Gasteiger partial charge on any atom is -0.378 e. The van der Waals surface area contributed by atoms with Crippen molar-refractivity contribution in [2.45, 2.75) is 57.4 Å². The molecule has 78 valence electrons. The molecule has 0 aliphatic carbocycles. The first kappa shape index (κ1) is 11.5. The van der Waals surface area contributed by atoms with Crippen molar-refractivity contribution in [2.24, 2.45) is 5.41 Å². The third-order valence-corrected chi connectivity index (χ3v) is 4.54. The number of alkyl halides is 1.